The molecule has 0 unspecified atom stereocenters. The Labute approximate surface area is 139 Å². The Hall–Kier alpha value is -2.67. The molecule has 0 spiro atoms. The van der Waals surface area contributed by atoms with Crippen molar-refractivity contribution in [3.63, 3.8) is 0 Å². The molecule has 0 aliphatic heterocycles. The van der Waals surface area contributed by atoms with Gasteiger partial charge in [0.15, 0.2) is 9.84 Å². The normalized spacial score (nSPS) is 11.6. The molecule has 0 fully saturated rings. The number of hydrogen-bond acceptors (Lipinski definition) is 5. The molecule has 0 aliphatic rings. The highest BCUT2D eigenvalue weighted by Crippen LogP contribution is 2.16. The van der Waals surface area contributed by atoms with Crippen molar-refractivity contribution in [2.45, 2.75) is 18.4 Å². The van der Waals surface area contributed by atoms with Crippen LogP contribution in [-0.2, 0) is 16.4 Å². The zero-order valence-electron chi connectivity index (χ0n) is 13.3. The molecule has 24 heavy (non-hydrogen) atoms. The molecule has 0 amide bonds. The van der Waals surface area contributed by atoms with Gasteiger partial charge >= 0.3 is 0 Å². The van der Waals surface area contributed by atoms with Crippen LogP contribution < -0.4 is 10.3 Å². The molecule has 6 nitrogen and oxygen atoms in total. The smallest absolute Gasteiger partial charge is 0.258 e. The molecular weight excluding hydrogens is 328 g/mol. The lowest BCUT2D eigenvalue weighted by Gasteiger charge is -2.08. The molecule has 1 aromatic carbocycles. The van der Waals surface area contributed by atoms with Crippen LogP contribution in [0.3, 0.4) is 0 Å². The molecule has 0 atom stereocenters. The summed E-state index contributed by atoms with van der Waals surface area (Å²) in [6.45, 7) is 2.03. The summed E-state index contributed by atoms with van der Waals surface area (Å²) in [7, 11) is -3.23. The Bertz CT molecular complexity index is 1050. The van der Waals surface area contributed by atoms with E-state index in [2.05, 4.69) is 4.98 Å². The van der Waals surface area contributed by atoms with E-state index >= 15 is 0 Å². The van der Waals surface area contributed by atoms with Gasteiger partial charge in [-0.2, -0.15) is 0 Å². The number of ether oxygens (including phenoxy) is 1. The van der Waals surface area contributed by atoms with E-state index in [1.54, 1.807) is 24.4 Å². The monoisotopic (exact) mass is 344 g/mol. The topological polar surface area (TPSA) is 77.7 Å². The molecule has 124 valence electrons. The van der Waals surface area contributed by atoms with Crippen LogP contribution >= 0.6 is 0 Å². The number of aryl methyl sites for hydroxylation is 1. The average Bonchev–Trinajstić information content (AvgIpc) is 2.53. The first-order valence-corrected chi connectivity index (χ1v) is 9.14. The minimum atomic E-state index is -3.23. The first-order valence-electron chi connectivity index (χ1n) is 7.25. The van der Waals surface area contributed by atoms with Gasteiger partial charge in [0.1, 0.15) is 18.0 Å². The average molecular weight is 344 g/mol. The van der Waals surface area contributed by atoms with Crippen LogP contribution in [0.5, 0.6) is 5.75 Å². The van der Waals surface area contributed by atoms with E-state index in [-0.39, 0.29) is 17.1 Å². The number of nitrogens with zero attached hydrogens (tertiary/aromatic N) is 2. The lowest BCUT2D eigenvalue weighted by Crippen LogP contribution is -2.16. The van der Waals surface area contributed by atoms with Gasteiger partial charge in [-0.3, -0.25) is 9.20 Å². The number of pyridine rings is 1. The highest BCUT2D eigenvalue weighted by atomic mass is 32.2. The van der Waals surface area contributed by atoms with Crippen molar-refractivity contribution in [3.05, 3.63) is 70.3 Å². The Morgan fingerprint density at radius 1 is 1.12 bits per heavy atom. The van der Waals surface area contributed by atoms with Gasteiger partial charge in [0.25, 0.3) is 5.56 Å². The number of rotatable bonds is 4. The maximum atomic E-state index is 12.1. The molecule has 3 rings (SSSR count). The fraction of sp³-hybridized carbons (Fsp3) is 0.176. The maximum absolute atomic E-state index is 12.1. The number of sulfone groups is 1. The first-order chi connectivity index (χ1) is 11.3. The van der Waals surface area contributed by atoms with Gasteiger partial charge in [-0.1, -0.05) is 6.07 Å². The van der Waals surface area contributed by atoms with Crippen LogP contribution in [0.4, 0.5) is 0 Å². The van der Waals surface area contributed by atoms with E-state index in [1.165, 1.54) is 22.6 Å². The summed E-state index contributed by atoms with van der Waals surface area (Å²) in [6.07, 6.45) is 2.89. The maximum Gasteiger partial charge on any atom is 0.258 e. The number of aromatic nitrogens is 2. The van der Waals surface area contributed by atoms with Gasteiger partial charge in [0.05, 0.1) is 10.6 Å². The quantitative estimate of drug-likeness (QED) is 0.723. The van der Waals surface area contributed by atoms with E-state index in [1.807, 2.05) is 13.0 Å². The van der Waals surface area contributed by atoms with Gasteiger partial charge in [0, 0.05) is 18.5 Å². The van der Waals surface area contributed by atoms with Crippen molar-refractivity contribution in [1.82, 2.24) is 9.38 Å². The van der Waals surface area contributed by atoms with Crippen molar-refractivity contribution in [3.8, 4) is 5.75 Å². The second-order valence-electron chi connectivity index (χ2n) is 5.55. The van der Waals surface area contributed by atoms with Crippen molar-refractivity contribution in [1.29, 1.82) is 0 Å². The van der Waals surface area contributed by atoms with Gasteiger partial charge in [-0.25, -0.2) is 13.4 Å². The van der Waals surface area contributed by atoms with Crippen molar-refractivity contribution < 1.29 is 13.2 Å². The molecule has 2 heterocycles. The fourth-order valence-corrected chi connectivity index (χ4v) is 2.90. The summed E-state index contributed by atoms with van der Waals surface area (Å²) in [5.41, 5.74) is 1.87. The lowest BCUT2D eigenvalue weighted by atomic mass is 10.3. The van der Waals surface area contributed by atoms with Gasteiger partial charge in [0.2, 0.25) is 0 Å². The standard InChI is InChI=1S/C17H16N2O4S/c1-12-3-8-16-18-13(9-17(20)19(16)10-12)11-23-14-4-6-15(7-5-14)24(2,21)22/h3-10H,11H2,1-2H3. The van der Waals surface area contributed by atoms with Gasteiger partial charge in [-0.05, 0) is 42.8 Å². The second-order valence-corrected chi connectivity index (χ2v) is 7.57. The summed E-state index contributed by atoms with van der Waals surface area (Å²) in [5, 5.41) is 0. The predicted octanol–water partition coefficient (Wildman–Crippen LogP) is 1.99. The predicted molar refractivity (Wildman–Crippen MR) is 90.1 cm³/mol. The summed E-state index contributed by atoms with van der Waals surface area (Å²) in [4.78, 5) is 16.7. The molecular formula is C17H16N2O4S. The largest absolute Gasteiger partial charge is 0.487 e. The third-order valence-corrected chi connectivity index (χ3v) is 4.63. The molecule has 0 radical (unpaired) electrons. The first kappa shape index (κ1) is 16.2. The van der Waals surface area contributed by atoms with E-state index in [0.29, 0.717) is 17.1 Å². The second kappa shape index (κ2) is 6.09. The van der Waals surface area contributed by atoms with Crippen LogP contribution in [0.25, 0.3) is 5.65 Å². The number of hydrogen-bond donors (Lipinski definition) is 0. The lowest BCUT2D eigenvalue weighted by molar-refractivity contribution is 0.301. The van der Waals surface area contributed by atoms with Gasteiger partial charge < -0.3 is 4.74 Å². The van der Waals surface area contributed by atoms with Crippen molar-refractivity contribution in [2.24, 2.45) is 0 Å². The highest BCUT2D eigenvalue weighted by Gasteiger charge is 2.07. The van der Waals surface area contributed by atoms with E-state index < -0.39 is 9.84 Å². The van der Waals surface area contributed by atoms with Crippen LogP contribution in [0.2, 0.25) is 0 Å². The molecule has 0 aliphatic carbocycles. The van der Waals surface area contributed by atoms with E-state index in [4.69, 9.17) is 4.74 Å². The summed E-state index contributed by atoms with van der Waals surface area (Å²) in [6, 6.07) is 11.2. The number of benzene rings is 1. The molecule has 0 N–H and O–H groups in total. The molecule has 0 saturated carbocycles. The molecule has 2 aromatic heterocycles. The minimum absolute atomic E-state index is 0.123. The zero-order valence-corrected chi connectivity index (χ0v) is 14.1. The van der Waals surface area contributed by atoms with Gasteiger partial charge in [-0.15, -0.1) is 0 Å². The fourth-order valence-electron chi connectivity index (χ4n) is 2.27. The van der Waals surface area contributed by atoms with Crippen molar-refractivity contribution >= 4 is 15.5 Å². The third kappa shape index (κ3) is 3.46. The Morgan fingerprint density at radius 2 is 1.83 bits per heavy atom. The zero-order chi connectivity index (χ0) is 17.3. The molecule has 7 heteroatoms. The summed E-state index contributed by atoms with van der Waals surface area (Å²) in [5.74, 6) is 0.508. The Kier molecular flexibility index (Phi) is 4.11. The molecule has 3 aromatic rings. The number of fused-ring (bicyclic) bond motifs is 1. The van der Waals surface area contributed by atoms with Crippen LogP contribution in [-0.4, -0.2) is 24.1 Å². The summed E-state index contributed by atoms with van der Waals surface area (Å²) < 4.78 is 29.9. The Morgan fingerprint density at radius 3 is 2.50 bits per heavy atom. The van der Waals surface area contributed by atoms with Crippen LogP contribution in [0, 0.1) is 6.92 Å². The summed E-state index contributed by atoms with van der Waals surface area (Å²) >= 11 is 0. The van der Waals surface area contributed by atoms with Crippen molar-refractivity contribution in [2.75, 3.05) is 6.26 Å². The van der Waals surface area contributed by atoms with E-state index in [9.17, 15) is 13.2 Å². The molecule has 0 saturated heterocycles. The van der Waals surface area contributed by atoms with Crippen LogP contribution in [0.1, 0.15) is 11.3 Å². The highest BCUT2D eigenvalue weighted by molar-refractivity contribution is 7.90. The van der Waals surface area contributed by atoms with Crippen LogP contribution in [0.15, 0.2) is 58.4 Å². The molecule has 0 bridgehead atoms. The van der Waals surface area contributed by atoms with E-state index in [0.717, 1.165) is 11.8 Å². The SMILES string of the molecule is Cc1ccc2nc(COc3ccc(S(C)(=O)=O)cc3)cc(=O)n2c1. The Balaban J connectivity index is 1.81. The minimum Gasteiger partial charge on any atom is -0.487 e. The third-order valence-electron chi connectivity index (χ3n) is 3.50.